The number of nitrogens with zero attached hydrogens (tertiary/aromatic N) is 2. The van der Waals surface area contributed by atoms with Gasteiger partial charge in [-0.2, -0.15) is 0 Å². The van der Waals surface area contributed by atoms with Gasteiger partial charge < -0.3 is 101 Å². The van der Waals surface area contributed by atoms with E-state index in [1.54, 1.807) is 65.8 Å². The quantitative estimate of drug-likeness (QED) is 0.0572. The minimum Gasteiger partial charge on any atom is -0.508 e. The highest BCUT2D eigenvalue weighted by Crippen LogP contribution is 2.26. The minimum absolute atomic E-state index is 0.0233. The summed E-state index contributed by atoms with van der Waals surface area (Å²) in [5.41, 5.74) is 18.7. The molecule has 5 rings (SSSR count). The minimum atomic E-state index is -1.42. The van der Waals surface area contributed by atoms with Crippen LogP contribution < -0.4 is 81.0 Å². The standard InChI is InChI=1S/C85H139N17O16/c1-47(2)40-61-72(105)58(26-15-18-35-86)89-80(113)71(53(13)14)100-79(112)68-30-23-39-102(68)83(116)65(45-54-31-33-56(103)34-32-54)94-76(109)62(41-48(3)4)92-73(106)59(27-16-19-36-87)91-81(114)69(51(9)10)98-74(107)60(28-17-20-37-88)90-75(108)63(42-49(5)6)93-78(111)67-29-22-38-101(67)84(117)66(46-55-24-21-25-57(104)44-55)95-82(115)70(52(11)12)99-77(110)64(43-50(7)8)97-85(118)96-61/h21,24-25,31-34,44,47-53,58-71,103-104H,15-20,22-23,26-30,35-43,45-46,86-88H2,1-14H3,(H,89,113)(H,90,108)(H,91,114)(H,92,106)(H,93,111)(H,94,109)(H,95,115)(H,98,107)(H,99,110)(H,100,112)(H2,96,97,118)/t58-,59-,60+,61+,62-,63+,64-,65+,66-,67+,68-,69-,70+,71+/m1/s1. The van der Waals surface area contributed by atoms with Crippen molar-refractivity contribution in [3.63, 3.8) is 0 Å². The van der Waals surface area contributed by atoms with E-state index in [-0.39, 0.29) is 139 Å². The summed E-state index contributed by atoms with van der Waals surface area (Å²) < 4.78 is 0. The molecule has 0 radical (unpaired) electrons. The summed E-state index contributed by atoms with van der Waals surface area (Å²) in [6, 6.07) is -7.24. The zero-order chi connectivity index (χ0) is 87.8. The Labute approximate surface area is 696 Å². The molecule has 14 atom stereocenters. The molecular weight excluding hydrogens is 1520 g/mol. The number of urea groups is 1. The van der Waals surface area contributed by atoms with Crippen LogP contribution in [-0.2, 0) is 75.2 Å². The highest BCUT2D eigenvalue weighted by Gasteiger charge is 2.45. The second-order valence-corrected chi connectivity index (χ2v) is 34.7. The number of nitrogens with one attached hydrogen (secondary N) is 12. The van der Waals surface area contributed by atoms with Crippen molar-refractivity contribution in [1.82, 2.24) is 73.6 Å². The maximum absolute atomic E-state index is 15.3. The van der Waals surface area contributed by atoms with Gasteiger partial charge >= 0.3 is 6.03 Å². The SMILES string of the molecule is CC(C)C[C@@H]1NC(=O)[C@@H]2CCCN2C(=O)[C@@H](Cc2cccc(O)c2)NC(=O)[C@H](C(C)C)NC(=O)[C@@H](CC(C)C)NC(=O)N[C@@H](CC(C)C)C(=O)[C@@H](CCCCN)NC(=O)[C@H](C(C)C)NC(=O)[C@H]2CCCN2C(=O)[C@H](Cc2ccc(O)cc2)NC(=O)[C@@H](CC(C)C)NC(=O)[C@@H](CCCCN)NC(=O)[C@@H](C(C)C)NC(=O)[C@H](CCCCN)NC1=O. The first-order valence-corrected chi connectivity index (χ1v) is 42.7. The number of carbonyl (C=O) groups excluding carboxylic acids is 14. The summed E-state index contributed by atoms with van der Waals surface area (Å²) in [5, 5.41) is 54.9. The second kappa shape index (κ2) is 49.2. The monoisotopic (exact) mass is 1650 g/mol. The molecule has 118 heavy (non-hydrogen) atoms. The molecule has 0 bridgehead atoms. The van der Waals surface area contributed by atoms with Gasteiger partial charge in [0.1, 0.15) is 84.0 Å². The van der Waals surface area contributed by atoms with Gasteiger partial charge in [-0.1, -0.05) is 121 Å². The number of phenolic OH excluding ortho intramolecular Hbond substituents is 2. The Bertz CT molecular complexity index is 3670. The van der Waals surface area contributed by atoms with Gasteiger partial charge in [0.25, 0.3) is 0 Å². The molecule has 0 aliphatic carbocycles. The Morgan fingerprint density at radius 1 is 0.339 bits per heavy atom. The number of carbonyl (C=O) groups is 14. The number of phenols is 2. The van der Waals surface area contributed by atoms with Crippen molar-refractivity contribution < 1.29 is 77.3 Å². The summed E-state index contributed by atoms with van der Waals surface area (Å²) >= 11 is 0. The second-order valence-electron chi connectivity index (χ2n) is 34.7. The molecule has 0 saturated carbocycles. The molecule has 2 aromatic carbocycles. The predicted molar refractivity (Wildman–Crippen MR) is 448 cm³/mol. The average Bonchev–Trinajstić information content (AvgIpc) is 1.62. The van der Waals surface area contributed by atoms with Gasteiger partial charge in [0, 0.05) is 25.9 Å². The molecule has 0 spiro atoms. The van der Waals surface area contributed by atoms with E-state index in [0.29, 0.717) is 62.5 Å². The van der Waals surface area contributed by atoms with Crippen LogP contribution >= 0.6 is 0 Å². The molecule has 14 amide bonds. The van der Waals surface area contributed by atoms with Crippen LogP contribution in [0.15, 0.2) is 48.5 Å². The molecule has 3 aliphatic heterocycles. The maximum atomic E-state index is 15.3. The van der Waals surface area contributed by atoms with E-state index in [9.17, 15) is 58.2 Å². The van der Waals surface area contributed by atoms with Crippen LogP contribution in [0.2, 0.25) is 0 Å². The van der Waals surface area contributed by atoms with E-state index in [1.165, 1.54) is 34.1 Å². The molecule has 0 unspecified atom stereocenters. The lowest BCUT2D eigenvalue weighted by molar-refractivity contribution is -0.143. The lowest BCUT2D eigenvalue weighted by Crippen LogP contribution is -2.62. The van der Waals surface area contributed by atoms with E-state index < -0.39 is 185 Å². The number of nitrogens with two attached hydrogens (primary N) is 3. The smallest absolute Gasteiger partial charge is 0.316 e. The number of unbranched alkanes of at least 4 members (excludes halogenated alkanes) is 3. The first-order valence-electron chi connectivity index (χ1n) is 42.7. The molecule has 33 heteroatoms. The van der Waals surface area contributed by atoms with E-state index in [2.05, 4.69) is 63.8 Å². The van der Waals surface area contributed by atoms with Crippen molar-refractivity contribution >= 4 is 82.7 Å². The number of amides is 14. The van der Waals surface area contributed by atoms with Crippen LogP contribution in [0, 0.1) is 41.4 Å². The van der Waals surface area contributed by atoms with Crippen LogP contribution in [0.3, 0.4) is 0 Å². The third-order valence-electron chi connectivity index (χ3n) is 21.5. The zero-order valence-electron chi connectivity index (χ0n) is 72.0. The fraction of sp³-hybridized carbons (Fsp3) is 0.694. The van der Waals surface area contributed by atoms with E-state index >= 15 is 19.2 Å². The first kappa shape index (κ1) is 99.1. The Kier molecular flexibility index (Phi) is 41.3. The Hall–Kier alpha value is -9.50. The van der Waals surface area contributed by atoms with Crippen LogP contribution in [0.5, 0.6) is 11.5 Å². The van der Waals surface area contributed by atoms with Gasteiger partial charge in [-0.15, -0.1) is 0 Å². The number of ketones is 1. The summed E-state index contributed by atoms with van der Waals surface area (Å²) in [5.74, 6) is -12.7. The molecule has 0 aromatic heterocycles. The first-order chi connectivity index (χ1) is 55.8. The Morgan fingerprint density at radius 3 is 1.08 bits per heavy atom. The third kappa shape index (κ3) is 31.7. The molecular formula is C85H139N17O16. The Morgan fingerprint density at radius 2 is 0.661 bits per heavy atom. The van der Waals surface area contributed by atoms with Crippen LogP contribution in [0.25, 0.3) is 0 Å². The van der Waals surface area contributed by atoms with Gasteiger partial charge in [0.05, 0.1) is 12.1 Å². The van der Waals surface area contributed by atoms with Crippen molar-refractivity contribution in [3.05, 3.63) is 59.7 Å². The van der Waals surface area contributed by atoms with E-state index in [1.807, 2.05) is 55.4 Å². The molecule has 3 heterocycles. The van der Waals surface area contributed by atoms with Crippen molar-refractivity contribution in [1.29, 1.82) is 0 Å². The number of aromatic hydroxyl groups is 2. The van der Waals surface area contributed by atoms with E-state index in [4.69, 9.17) is 17.2 Å². The van der Waals surface area contributed by atoms with Gasteiger partial charge in [-0.25, -0.2) is 4.79 Å². The molecule has 3 saturated heterocycles. The highest BCUT2D eigenvalue weighted by molar-refractivity contribution is 6.01. The third-order valence-corrected chi connectivity index (χ3v) is 21.5. The van der Waals surface area contributed by atoms with E-state index in [0.717, 1.165) is 0 Å². The molecule has 660 valence electrons. The lowest BCUT2D eigenvalue weighted by atomic mass is 9.92. The zero-order valence-corrected chi connectivity index (χ0v) is 72.0. The van der Waals surface area contributed by atoms with Gasteiger partial charge in [-0.05, 0) is 206 Å². The summed E-state index contributed by atoms with van der Waals surface area (Å²) in [6.45, 7) is 25.4. The lowest BCUT2D eigenvalue weighted by Gasteiger charge is -2.32. The van der Waals surface area contributed by atoms with Crippen LogP contribution in [0.4, 0.5) is 4.79 Å². The normalized spacial score (nSPS) is 25.8. The molecule has 20 N–H and O–H groups in total. The largest absolute Gasteiger partial charge is 0.508 e. The molecule has 3 fully saturated rings. The summed E-state index contributed by atoms with van der Waals surface area (Å²) in [6.07, 6.45) is 3.22. The molecule has 2 aromatic rings. The van der Waals surface area contributed by atoms with Crippen molar-refractivity contribution in [2.45, 2.75) is 304 Å². The Balaban J connectivity index is 1.65. The van der Waals surface area contributed by atoms with Gasteiger partial charge in [-0.3, -0.25) is 62.3 Å². The van der Waals surface area contributed by atoms with Gasteiger partial charge in [0.2, 0.25) is 70.9 Å². The number of Topliss-reactive ketones (excluding diaryl/α,β-unsaturated/α-hetero) is 1. The number of hydrogen-bond acceptors (Lipinski definition) is 19. The van der Waals surface area contributed by atoms with Gasteiger partial charge in [0.15, 0.2) is 5.78 Å². The molecule has 33 nitrogen and oxygen atoms in total. The van der Waals surface area contributed by atoms with Crippen LogP contribution in [0.1, 0.15) is 217 Å². The highest BCUT2D eigenvalue weighted by atomic mass is 16.3. The fourth-order valence-corrected chi connectivity index (χ4v) is 15.2. The predicted octanol–water partition coefficient (Wildman–Crippen LogP) is 2.87. The summed E-state index contributed by atoms with van der Waals surface area (Å²) in [4.78, 5) is 212. The summed E-state index contributed by atoms with van der Waals surface area (Å²) in [7, 11) is 0. The number of benzene rings is 2. The number of rotatable bonds is 27. The molecule has 3 aliphatic rings. The fourth-order valence-electron chi connectivity index (χ4n) is 15.2. The maximum Gasteiger partial charge on any atom is 0.316 e. The number of fused-ring (bicyclic) bond motifs is 2. The van der Waals surface area contributed by atoms with Crippen molar-refractivity contribution in [3.8, 4) is 11.5 Å². The topological polar surface area (TPSA) is 508 Å². The van der Waals surface area contributed by atoms with Crippen molar-refractivity contribution in [2.24, 2.45) is 58.6 Å². The average molecular weight is 1660 g/mol. The van der Waals surface area contributed by atoms with Crippen molar-refractivity contribution in [2.75, 3.05) is 32.7 Å². The number of hydrogen-bond donors (Lipinski definition) is 17. The van der Waals surface area contributed by atoms with Crippen LogP contribution in [-0.4, -0.2) is 220 Å².